The average Bonchev–Trinajstić information content (AvgIpc) is 2.72. The summed E-state index contributed by atoms with van der Waals surface area (Å²) in [5.74, 6) is -2.12. The molecule has 0 spiro atoms. The highest BCUT2D eigenvalue weighted by molar-refractivity contribution is 6.07. The summed E-state index contributed by atoms with van der Waals surface area (Å²) in [7, 11) is 1.18. The molecule has 1 amide bonds. The number of carbonyl (C=O) groups is 4. The van der Waals surface area contributed by atoms with Crippen LogP contribution in [0.3, 0.4) is 0 Å². The molecule has 0 radical (unpaired) electrons. The third-order valence-corrected chi connectivity index (χ3v) is 3.86. The molecule has 8 nitrogen and oxygen atoms in total. The number of rotatable bonds is 8. The van der Waals surface area contributed by atoms with E-state index in [0.29, 0.717) is 6.29 Å². The third kappa shape index (κ3) is 5.49. The molecule has 0 aromatic heterocycles. The molecule has 0 aliphatic heterocycles. The van der Waals surface area contributed by atoms with Gasteiger partial charge >= 0.3 is 11.9 Å². The largest absolute Gasteiger partial charge is 0.469 e. The number of hydrogen-bond donors (Lipinski definition) is 2. The van der Waals surface area contributed by atoms with E-state index in [1.54, 1.807) is 12.1 Å². The van der Waals surface area contributed by atoms with Crippen LogP contribution in [-0.4, -0.2) is 37.3 Å². The molecule has 0 aliphatic carbocycles. The lowest BCUT2D eigenvalue weighted by atomic mass is 10.1. The number of anilines is 1. The number of nitrogens with two attached hydrogens (primary N) is 1. The molecule has 2 rings (SSSR count). The van der Waals surface area contributed by atoms with Crippen molar-refractivity contribution in [3.8, 4) is 0 Å². The van der Waals surface area contributed by atoms with Gasteiger partial charge in [0.1, 0.15) is 6.61 Å². The molecule has 0 saturated carbocycles. The van der Waals surface area contributed by atoms with Crippen LogP contribution in [0.5, 0.6) is 0 Å². The molecule has 2 aromatic carbocycles. The van der Waals surface area contributed by atoms with Crippen molar-refractivity contribution in [2.24, 2.45) is 5.73 Å². The second-order valence-corrected chi connectivity index (χ2v) is 5.83. The summed E-state index contributed by atoms with van der Waals surface area (Å²) in [6.45, 7) is 0.0280. The molecular weight excluding hydrogens is 364 g/mol. The SMILES string of the molecule is COC(=O)C[C@H](N)C(=O)Nc1c(C=O)cccc1C(=O)OCc1ccccc1. The van der Waals surface area contributed by atoms with Crippen molar-refractivity contribution < 1.29 is 28.7 Å². The van der Waals surface area contributed by atoms with Gasteiger partial charge in [-0.1, -0.05) is 36.4 Å². The van der Waals surface area contributed by atoms with E-state index in [9.17, 15) is 19.2 Å². The van der Waals surface area contributed by atoms with Gasteiger partial charge in [0.05, 0.1) is 30.8 Å². The van der Waals surface area contributed by atoms with E-state index in [1.807, 2.05) is 18.2 Å². The molecule has 0 unspecified atom stereocenters. The summed E-state index contributed by atoms with van der Waals surface area (Å²) in [5, 5.41) is 2.43. The normalized spacial score (nSPS) is 11.2. The van der Waals surface area contributed by atoms with Crippen LogP contribution in [-0.2, 0) is 25.7 Å². The van der Waals surface area contributed by atoms with Crippen molar-refractivity contribution in [2.45, 2.75) is 19.1 Å². The fraction of sp³-hybridized carbons (Fsp3) is 0.200. The Bertz CT molecular complexity index is 866. The standard InChI is InChI=1S/C20H20N2O6/c1-27-17(24)10-16(21)19(25)22-18-14(11-23)8-5-9-15(18)20(26)28-12-13-6-3-2-4-7-13/h2-9,11,16H,10,12,21H2,1H3,(H,22,25)/t16-/m0/s1. The highest BCUT2D eigenvalue weighted by Gasteiger charge is 2.23. The van der Waals surface area contributed by atoms with Crippen LogP contribution in [0, 0.1) is 0 Å². The number of esters is 2. The highest BCUT2D eigenvalue weighted by Crippen LogP contribution is 2.22. The van der Waals surface area contributed by atoms with Crippen molar-refractivity contribution >= 4 is 29.8 Å². The minimum Gasteiger partial charge on any atom is -0.469 e. The zero-order valence-electron chi connectivity index (χ0n) is 15.2. The minimum absolute atomic E-state index is 0.000788. The first-order valence-corrected chi connectivity index (χ1v) is 8.38. The van der Waals surface area contributed by atoms with Gasteiger partial charge in [-0.25, -0.2) is 4.79 Å². The number of nitrogens with one attached hydrogen (secondary N) is 1. The second-order valence-electron chi connectivity index (χ2n) is 5.83. The van der Waals surface area contributed by atoms with Crippen molar-refractivity contribution in [1.82, 2.24) is 0 Å². The van der Waals surface area contributed by atoms with Gasteiger partial charge in [0.15, 0.2) is 6.29 Å². The molecule has 8 heteroatoms. The number of hydrogen-bond acceptors (Lipinski definition) is 7. The predicted molar refractivity (Wildman–Crippen MR) is 101 cm³/mol. The number of para-hydroxylation sites is 1. The molecule has 0 heterocycles. The molecule has 0 fully saturated rings. The first kappa shape index (κ1) is 20.8. The fourth-order valence-electron chi connectivity index (χ4n) is 2.35. The van der Waals surface area contributed by atoms with E-state index < -0.39 is 23.9 Å². The number of methoxy groups -OCH3 is 1. The lowest BCUT2D eigenvalue weighted by molar-refractivity contribution is -0.142. The number of amides is 1. The van der Waals surface area contributed by atoms with E-state index in [2.05, 4.69) is 10.1 Å². The highest BCUT2D eigenvalue weighted by atomic mass is 16.5. The van der Waals surface area contributed by atoms with Gasteiger partial charge in [-0.15, -0.1) is 0 Å². The van der Waals surface area contributed by atoms with Crippen LogP contribution in [0.1, 0.15) is 32.7 Å². The Morgan fingerprint density at radius 2 is 1.82 bits per heavy atom. The molecule has 0 saturated heterocycles. The molecule has 146 valence electrons. The van der Waals surface area contributed by atoms with E-state index in [1.165, 1.54) is 25.3 Å². The summed E-state index contributed by atoms with van der Waals surface area (Å²) in [5.41, 5.74) is 6.51. The van der Waals surface area contributed by atoms with E-state index >= 15 is 0 Å². The minimum atomic E-state index is -1.21. The first-order valence-electron chi connectivity index (χ1n) is 8.38. The molecule has 28 heavy (non-hydrogen) atoms. The number of ether oxygens (including phenoxy) is 2. The molecule has 1 atom stereocenters. The topological polar surface area (TPSA) is 125 Å². The fourth-order valence-corrected chi connectivity index (χ4v) is 2.35. The second kappa shape index (κ2) is 9.98. The van der Waals surface area contributed by atoms with Crippen molar-refractivity contribution in [3.05, 3.63) is 65.2 Å². The van der Waals surface area contributed by atoms with Crippen molar-refractivity contribution in [3.63, 3.8) is 0 Å². The summed E-state index contributed by atoms with van der Waals surface area (Å²) in [4.78, 5) is 47.4. The van der Waals surface area contributed by atoms with Gasteiger partial charge in [0.2, 0.25) is 5.91 Å². The maximum Gasteiger partial charge on any atom is 0.340 e. The maximum absolute atomic E-state index is 12.5. The first-order chi connectivity index (χ1) is 13.5. The summed E-state index contributed by atoms with van der Waals surface area (Å²) in [6.07, 6.45) is 0.148. The van der Waals surface area contributed by atoms with Gasteiger partial charge < -0.3 is 20.5 Å². The predicted octanol–water partition coefficient (Wildman–Crippen LogP) is 1.68. The third-order valence-electron chi connectivity index (χ3n) is 3.86. The maximum atomic E-state index is 12.5. The van der Waals surface area contributed by atoms with Crippen LogP contribution in [0.25, 0.3) is 0 Å². The molecular formula is C20H20N2O6. The van der Waals surface area contributed by atoms with Crippen LogP contribution >= 0.6 is 0 Å². The molecule has 0 bridgehead atoms. The Hall–Kier alpha value is -3.52. The Balaban J connectivity index is 2.18. The van der Waals surface area contributed by atoms with Gasteiger partial charge in [0.25, 0.3) is 0 Å². The average molecular weight is 384 g/mol. The number of carbonyl (C=O) groups excluding carboxylic acids is 4. The van der Waals surface area contributed by atoms with Crippen LogP contribution < -0.4 is 11.1 Å². The van der Waals surface area contributed by atoms with Gasteiger partial charge in [-0.05, 0) is 17.7 Å². The zero-order chi connectivity index (χ0) is 20.5. The van der Waals surface area contributed by atoms with Crippen LogP contribution in [0.15, 0.2) is 48.5 Å². The van der Waals surface area contributed by atoms with Crippen molar-refractivity contribution in [2.75, 3.05) is 12.4 Å². The van der Waals surface area contributed by atoms with Crippen molar-refractivity contribution in [1.29, 1.82) is 0 Å². The smallest absolute Gasteiger partial charge is 0.340 e. The Morgan fingerprint density at radius 3 is 2.46 bits per heavy atom. The molecule has 2 aromatic rings. The van der Waals surface area contributed by atoms with Crippen LogP contribution in [0.2, 0.25) is 0 Å². The quantitative estimate of drug-likeness (QED) is 0.524. The molecule has 0 aliphatic rings. The summed E-state index contributed by atoms with van der Waals surface area (Å²) in [6, 6.07) is 12.2. The zero-order valence-corrected chi connectivity index (χ0v) is 15.2. The summed E-state index contributed by atoms with van der Waals surface area (Å²) >= 11 is 0. The van der Waals surface area contributed by atoms with Gasteiger partial charge in [-0.2, -0.15) is 0 Å². The van der Waals surface area contributed by atoms with E-state index in [4.69, 9.17) is 10.5 Å². The van der Waals surface area contributed by atoms with Gasteiger partial charge in [-0.3, -0.25) is 14.4 Å². The van der Waals surface area contributed by atoms with Crippen LogP contribution in [0.4, 0.5) is 5.69 Å². The Morgan fingerprint density at radius 1 is 1.11 bits per heavy atom. The number of aldehydes is 1. The number of benzene rings is 2. The Labute approximate surface area is 161 Å². The van der Waals surface area contributed by atoms with Gasteiger partial charge in [0, 0.05) is 5.56 Å². The van der Waals surface area contributed by atoms with E-state index in [-0.39, 0.29) is 29.8 Å². The lowest BCUT2D eigenvalue weighted by Gasteiger charge is -2.15. The summed E-state index contributed by atoms with van der Waals surface area (Å²) < 4.78 is 9.74. The monoisotopic (exact) mass is 384 g/mol. The lowest BCUT2D eigenvalue weighted by Crippen LogP contribution is -2.38. The Kier molecular flexibility index (Phi) is 7.41. The van der Waals surface area contributed by atoms with E-state index in [0.717, 1.165) is 5.56 Å². The molecule has 3 N–H and O–H groups in total.